The minimum atomic E-state index is -0.0742. The molecule has 0 N–H and O–H groups in total. The van der Waals surface area contributed by atoms with Crippen LogP contribution in [0, 0.1) is 0 Å². The zero-order chi connectivity index (χ0) is 22.2. The van der Waals surface area contributed by atoms with E-state index < -0.39 is 0 Å². The monoisotopic (exact) mass is 440 g/mol. The molecule has 158 valence electrons. The molecule has 0 spiro atoms. The Hall–Kier alpha value is -3.91. The number of carbonyl (C=O) groups is 1. The second kappa shape index (κ2) is 7.97. The molecule has 0 aliphatic rings. The molecule has 1 amide bonds. The Bertz CT molecular complexity index is 1420. The Kier molecular flexibility index (Phi) is 4.99. The van der Waals surface area contributed by atoms with Gasteiger partial charge in [0.15, 0.2) is 0 Å². The summed E-state index contributed by atoms with van der Waals surface area (Å²) in [5.41, 5.74) is 7.99. The molecule has 5 aromatic rings. The lowest BCUT2D eigenvalue weighted by Gasteiger charge is -2.10. The zero-order valence-electron chi connectivity index (χ0n) is 17.9. The van der Waals surface area contributed by atoms with Gasteiger partial charge in [-0.3, -0.25) is 19.7 Å². The standard InChI is InChI=1S/C24H20N6OS/c1-29(2)24(31)15-4-5-21(27-10-15)18-6-16(8-25-9-18)17-7-19-20(22-12-26-14-32-22)13-30(3)23(19)28-11-17/h4-14H,1-3H3. The summed E-state index contributed by atoms with van der Waals surface area (Å²) >= 11 is 1.61. The molecule has 0 aromatic carbocycles. The van der Waals surface area contributed by atoms with Gasteiger partial charge in [-0.2, -0.15) is 0 Å². The maximum absolute atomic E-state index is 12.1. The van der Waals surface area contributed by atoms with Gasteiger partial charge in [0.25, 0.3) is 5.91 Å². The van der Waals surface area contributed by atoms with E-state index in [1.54, 1.807) is 43.9 Å². The largest absolute Gasteiger partial charge is 0.345 e. The summed E-state index contributed by atoms with van der Waals surface area (Å²) in [5, 5.41) is 1.07. The Labute approximate surface area is 189 Å². The molecule has 32 heavy (non-hydrogen) atoms. The maximum atomic E-state index is 12.1. The number of aryl methyl sites for hydroxylation is 1. The normalized spacial score (nSPS) is 11.1. The lowest BCUT2D eigenvalue weighted by atomic mass is 10.0. The lowest BCUT2D eigenvalue weighted by molar-refractivity contribution is 0.0827. The van der Waals surface area contributed by atoms with Crippen LogP contribution in [0.5, 0.6) is 0 Å². The molecule has 0 aliphatic heterocycles. The number of hydrogen-bond acceptors (Lipinski definition) is 6. The van der Waals surface area contributed by atoms with Crippen molar-refractivity contribution in [2.75, 3.05) is 14.1 Å². The first kappa shape index (κ1) is 20.0. The number of amides is 1. The van der Waals surface area contributed by atoms with Crippen LogP contribution in [0.4, 0.5) is 0 Å². The van der Waals surface area contributed by atoms with Crippen LogP contribution in [0.2, 0.25) is 0 Å². The van der Waals surface area contributed by atoms with Crippen LogP contribution < -0.4 is 0 Å². The third kappa shape index (κ3) is 3.54. The zero-order valence-corrected chi connectivity index (χ0v) is 18.7. The van der Waals surface area contributed by atoms with Crippen LogP contribution in [0.25, 0.3) is 43.9 Å². The molecule has 0 aliphatic carbocycles. The molecule has 8 heteroatoms. The van der Waals surface area contributed by atoms with Gasteiger partial charge in [0, 0.05) is 86.0 Å². The van der Waals surface area contributed by atoms with E-state index in [9.17, 15) is 4.79 Å². The van der Waals surface area contributed by atoms with Crippen LogP contribution in [-0.2, 0) is 7.05 Å². The molecule has 5 aromatic heterocycles. The molecule has 0 fully saturated rings. The summed E-state index contributed by atoms with van der Waals surface area (Å²) < 4.78 is 2.03. The summed E-state index contributed by atoms with van der Waals surface area (Å²) in [7, 11) is 5.45. The Balaban J connectivity index is 1.53. The molecule has 0 atom stereocenters. The fourth-order valence-electron chi connectivity index (χ4n) is 3.65. The maximum Gasteiger partial charge on any atom is 0.254 e. The molecular weight excluding hydrogens is 420 g/mol. The Morgan fingerprint density at radius 2 is 1.75 bits per heavy atom. The van der Waals surface area contributed by atoms with Crippen molar-refractivity contribution in [3.63, 3.8) is 0 Å². The number of aromatic nitrogens is 5. The molecule has 5 rings (SSSR count). The third-order valence-corrected chi connectivity index (χ3v) is 6.10. The summed E-state index contributed by atoms with van der Waals surface area (Å²) in [6.45, 7) is 0. The summed E-state index contributed by atoms with van der Waals surface area (Å²) in [4.78, 5) is 32.6. The molecule has 7 nitrogen and oxygen atoms in total. The Morgan fingerprint density at radius 1 is 0.938 bits per heavy atom. The Morgan fingerprint density at radius 3 is 2.47 bits per heavy atom. The van der Waals surface area contributed by atoms with Crippen LogP contribution in [0.1, 0.15) is 10.4 Å². The molecule has 0 radical (unpaired) electrons. The molecule has 0 unspecified atom stereocenters. The highest BCUT2D eigenvalue weighted by molar-refractivity contribution is 7.13. The van der Waals surface area contributed by atoms with E-state index >= 15 is 0 Å². The average Bonchev–Trinajstić information content (AvgIpc) is 3.46. The number of fused-ring (bicyclic) bond motifs is 1. The number of carbonyl (C=O) groups excluding carboxylic acids is 1. The van der Waals surface area contributed by atoms with E-state index in [1.165, 1.54) is 4.90 Å². The molecule has 5 heterocycles. The minimum absolute atomic E-state index is 0.0742. The summed E-state index contributed by atoms with van der Waals surface area (Å²) in [6, 6.07) is 7.82. The van der Waals surface area contributed by atoms with Crippen LogP contribution in [0.3, 0.4) is 0 Å². The van der Waals surface area contributed by atoms with Gasteiger partial charge in [-0.05, 0) is 24.3 Å². The van der Waals surface area contributed by atoms with Crippen molar-refractivity contribution in [2.45, 2.75) is 0 Å². The highest BCUT2D eigenvalue weighted by atomic mass is 32.1. The van der Waals surface area contributed by atoms with Gasteiger partial charge in [0.2, 0.25) is 0 Å². The SMILES string of the molecule is CN(C)C(=O)c1ccc(-c2cncc(-c3cnc4c(c3)c(-c3cncs3)cn4C)c2)nc1. The number of hydrogen-bond donors (Lipinski definition) is 0. The van der Waals surface area contributed by atoms with Crippen molar-refractivity contribution in [1.29, 1.82) is 0 Å². The van der Waals surface area contributed by atoms with Gasteiger partial charge < -0.3 is 9.47 Å². The van der Waals surface area contributed by atoms with Crippen LogP contribution >= 0.6 is 11.3 Å². The van der Waals surface area contributed by atoms with Crippen molar-refractivity contribution < 1.29 is 4.79 Å². The van der Waals surface area contributed by atoms with E-state index in [0.717, 1.165) is 43.9 Å². The topological polar surface area (TPSA) is 76.8 Å². The second-order valence-electron chi connectivity index (χ2n) is 7.71. The molecule has 0 bridgehead atoms. The predicted octanol–water partition coefficient (Wildman–Crippen LogP) is 4.52. The number of rotatable bonds is 4. The van der Waals surface area contributed by atoms with Gasteiger partial charge in [-0.1, -0.05) is 0 Å². The van der Waals surface area contributed by atoms with E-state index in [2.05, 4.69) is 27.2 Å². The fourth-order valence-corrected chi connectivity index (χ4v) is 4.30. The lowest BCUT2D eigenvalue weighted by Crippen LogP contribution is -2.21. The van der Waals surface area contributed by atoms with Gasteiger partial charge in [-0.15, -0.1) is 11.3 Å². The van der Waals surface area contributed by atoms with E-state index in [0.29, 0.717) is 5.56 Å². The molecule has 0 saturated carbocycles. The highest BCUT2D eigenvalue weighted by Crippen LogP contribution is 2.34. The molecular formula is C24H20N6OS. The fraction of sp³-hybridized carbons (Fsp3) is 0.125. The minimum Gasteiger partial charge on any atom is -0.345 e. The van der Waals surface area contributed by atoms with Gasteiger partial charge in [-0.25, -0.2) is 4.98 Å². The number of pyridine rings is 3. The number of nitrogens with zero attached hydrogens (tertiary/aromatic N) is 6. The summed E-state index contributed by atoms with van der Waals surface area (Å²) in [6.07, 6.45) is 11.0. The highest BCUT2D eigenvalue weighted by Gasteiger charge is 2.14. The average molecular weight is 441 g/mol. The quantitative estimate of drug-likeness (QED) is 0.411. The van der Waals surface area contributed by atoms with Crippen molar-refractivity contribution in [2.24, 2.45) is 7.05 Å². The van der Waals surface area contributed by atoms with E-state index in [4.69, 9.17) is 4.98 Å². The molecule has 0 saturated heterocycles. The van der Waals surface area contributed by atoms with Crippen molar-refractivity contribution in [1.82, 2.24) is 29.4 Å². The van der Waals surface area contributed by atoms with Gasteiger partial charge >= 0.3 is 0 Å². The predicted molar refractivity (Wildman–Crippen MR) is 126 cm³/mol. The van der Waals surface area contributed by atoms with Gasteiger partial charge in [0.05, 0.1) is 21.6 Å². The first-order chi connectivity index (χ1) is 15.5. The van der Waals surface area contributed by atoms with E-state index in [1.807, 2.05) is 47.8 Å². The number of thiazole rings is 1. The van der Waals surface area contributed by atoms with Crippen molar-refractivity contribution >= 4 is 28.3 Å². The smallest absolute Gasteiger partial charge is 0.254 e. The summed E-state index contributed by atoms with van der Waals surface area (Å²) in [5.74, 6) is -0.0742. The van der Waals surface area contributed by atoms with Crippen molar-refractivity contribution in [3.8, 4) is 32.8 Å². The first-order valence-corrected chi connectivity index (χ1v) is 10.9. The van der Waals surface area contributed by atoms with Crippen LogP contribution in [-0.4, -0.2) is 49.4 Å². The van der Waals surface area contributed by atoms with E-state index in [-0.39, 0.29) is 5.91 Å². The second-order valence-corrected chi connectivity index (χ2v) is 8.59. The third-order valence-electron chi connectivity index (χ3n) is 5.30. The van der Waals surface area contributed by atoms with Gasteiger partial charge in [0.1, 0.15) is 5.65 Å². The van der Waals surface area contributed by atoms with Crippen LogP contribution in [0.15, 0.2) is 67.0 Å². The van der Waals surface area contributed by atoms with Crippen molar-refractivity contribution in [3.05, 3.63) is 72.5 Å². The first-order valence-electron chi connectivity index (χ1n) is 9.98.